The number of imidazole rings is 1. The molecule has 0 fully saturated rings. The number of nitrogens with zero attached hydrogens (tertiary/aromatic N) is 2. The van der Waals surface area contributed by atoms with Crippen molar-refractivity contribution < 1.29 is 9.18 Å². The first-order valence-electron chi connectivity index (χ1n) is 7.62. The van der Waals surface area contributed by atoms with Gasteiger partial charge in [-0.2, -0.15) is 0 Å². The van der Waals surface area contributed by atoms with Crippen molar-refractivity contribution in [3.8, 4) is 10.6 Å². The van der Waals surface area contributed by atoms with Crippen molar-refractivity contribution in [1.82, 2.24) is 15.0 Å². The number of hydrogen-bond donors (Lipinski definition) is 2. The van der Waals surface area contributed by atoms with E-state index < -0.39 is 0 Å². The van der Waals surface area contributed by atoms with Gasteiger partial charge in [0.2, 0.25) is 11.9 Å². The molecule has 25 heavy (non-hydrogen) atoms. The van der Waals surface area contributed by atoms with E-state index in [-0.39, 0.29) is 18.1 Å². The molecule has 2 heterocycles. The zero-order valence-corrected chi connectivity index (χ0v) is 13.8. The lowest BCUT2D eigenvalue weighted by Crippen LogP contribution is -2.15. The van der Waals surface area contributed by atoms with Crippen LogP contribution in [0.4, 0.5) is 10.3 Å². The number of fused-ring (bicyclic) bond motifs is 1. The number of nitrogens with one attached hydrogen (secondary N) is 2. The lowest BCUT2D eigenvalue weighted by molar-refractivity contribution is -0.115. The normalized spacial score (nSPS) is 10.9. The molecule has 5 nitrogen and oxygen atoms in total. The summed E-state index contributed by atoms with van der Waals surface area (Å²) in [7, 11) is 0. The van der Waals surface area contributed by atoms with Crippen LogP contribution in [0, 0.1) is 5.82 Å². The highest BCUT2D eigenvalue weighted by molar-refractivity contribution is 7.13. The Hall–Kier alpha value is -3.06. The highest BCUT2D eigenvalue weighted by Gasteiger charge is 2.11. The van der Waals surface area contributed by atoms with Gasteiger partial charge < -0.3 is 4.98 Å². The number of anilines is 1. The van der Waals surface area contributed by atoms with Crippen LogP contribution in [0.1, 0.15) is 5.69 Å². The summed E-state index contributed by atoms with van der Waals surface area (Å²) < 4.78 is 13.3. The van der Waals surface area contributed by atoms with E-state index in [4.69, 9.17) is 0 Å². The van der Waals surface area contributed by atoms with Gasteiger partial charge in [-0.05, 0) is 24.3 Å². The number of halogens is 1. The largest absolute Gasteiger partial charge is 0.324 e. The number of carbonyl (C=O) groups is 1. The fraction of sp³-hybridized carbons (Fsp3) is 0.0556. The molecule has 0 radical (unpaired) electrons. The van der Waals surface area contributed by atoms with Crippen molar-refractivity contribution in [2.75, 3.05) is 5.32 Å². The first-order chi connectivity index (χ1) is 12.2. The number of thiazole rings is 1. The summed E-state index contributed by atoms with van der Waals surface area (Å²) in [5.74, 6) is -0.112. The van der Waals surface area contributed by atoms with Crippen LogP contribution in [0.3, 0.4) is 0 Å². The van der Waals surface area contributed by atoms with Gasteiger partial charge in [0, 0.05) is 10.9 Å². The molecule has 2 aromatic carbocycles. The predicted octanol–water partition coefficient (Wildman–Crippen LogP) is 4.01. The van der Waals surface area contributed by atoms with Gasteiger partial charge in [-0.25, -0.2) is 14.4 Å². The standard InChI is InChI=1S/C18H13FN4OS/c19-12-5-3-4-11(8-12)17-20-13(10-25-17)9-16(24)23-18-21-14-6-1-2-7-15(14)22-18/h1-8,10H,9H2,(H2,21,22,23,24). The number of rotatable bonds is 4. The second-order valence-corrected chi connectivity index (χ2v) is 6.34. The minimum atomic E-state index is -0.308. The molecule has 0 aliphatic heterocycles. The summed E-state index contributed by atoms with van der Waals surface area (Å²) in [6.07, 6.45) is 0.128. The minimum absolute atomic E-state index is 0.128. The van der Waals surface area contributed by atoms with Crippen molar-refractivity contribution in [3.63, 3.8) is 0 Å². The Morgan fingerprint density at radius 1 is 1.16 bits per heavy atom. The third kappa shape index (κ3) is 3.41. The molecule has 0 aliphatic rings. The highest BCUT2D eigenvalue weighted by atomic mass is 32.1. The molecule has 0 spiro atoms. The van der Waals surface area contributed by atoms with Crippen LogP contribution in [-0.4, -0.2) is 20.9 Å². The zero-order valence-electron chi connectivity index (χ0n) is 13.0. The fourth-order valence-corrected chi connectivity index (χ4v) is 3.31. The van der Waals surface area contributed by atoms with Gasteiger partial charge >= 0.3 is 0 Å². The van der Waals surface area contributed by atoms with Crippen LogP contribution in [0.25, 0.3) is 21.6 Å². The molecule has 0 aliphatic carbocycles. The molecule has 0 bridgehead atoms. The van der Waals surface area contributed by atoms with E-state index in [1.165, 1.54) is 23.5 Å². The van der Waals surface area contributed by atoms with Crippen LogP contribution >= 0.6 is 11.3 Å². The Bertz CT molecular complexity index is 1020. The van der Waals surface area contributed by atoms with Gasteiger partial charge in [0.25, 0.3) is 0 Å². The van der Waals surface area contributed by atoms with E-state index in [0.717, 1.165) is 11.0 Å². The smallest absolute Gasteiger partial charge is 0.232 e. The van der Waals surface area contributed by atoms with E-state index in [2.05, 4.69) is 20.3 Å². The summed E-state index contributed by atoms with van der Waals surface area (Å²) in [4.78, 5) is 24.0. The molecule has 1 amide bonds. The molecule has 4 aromatic rings. The topological polar surface area (TPSA) is 70.7 Å². The molecule has 2 N–H and O–H groups in total. The van der Waals surface area contributed by atoms with E-state index in [1.54, 1.807) is 17.5 Å². The van der Waals surface area contributed by atoms with E-state index in [1.807, 2.05) is 24.3 Å². The Balaban J connectivity index is 1.46. The highest BCUT2D eigenvalue weighted by Crippen LogP contribution is 2.24. The number of para-hydroxylation sites is 2. The maximum absolute atomic E-state index is 13.3. The molecule has 0 saturated carbocycles. The van der Waals surface area contributed by atoms with E-state index >= 15 is 0 Å². The van der Waals surface area contributed by atoms with Crippen molar-refractivity contribution >= 4 is 34.2 Å². The van der Waals surface area contributed by atoms with Crippen LogP contribution in [0.2, 0.25) is 0 Å². The van der Waals surface area contributed by atoms with Crippen LogP contribution in [-0.2, 0) is 11.2 Å². The number of hydrogen-bond acceptors (Lipinski definition) is 4. The lowest BCUT2D eigenvalue weighted by Gasteiger charge is -1.99. The van der Waals surface area contributed by atoms with Crippen molar-refractivity contribution in [3.05, 3.63) is 65.4 Å². The molecule has 4 rings (SSSR count). The maximum atomic E-state index is 13.3. The Morgan fingerprint density at radius 2 is 2.04 bits per heavy atom. The molecule has 7 heteroatoms. The first-order valence-corrected chi connectivity index (χ1v) is 8.50. The molecule has 124 valence electrons. The van der Waals surface area contributed by atoms with Crippen molar-refractivity contribution in [2.24, 2.45) is 0 Å². The molecule has 0 atom stereocenters. The first kappa shape index (κ1) is 15.5. The van der Waals surface area contributed by atoms with Crippen molar-refractivity contribution in [2.45, 2.75) is 6.42 Å². The van der Waals surface area contributed by atoms with Crippen LogP contribution < -0.4 is 5.32 Å². The Morgan fingerprint density at radius 3 is 2.88 bits per heavy atom. The summed E-state index contributed by atoms with van der Waals surface area (Å²) in [5.41, 5.74) is 2.99. The zero-order chi connectivity index (χ0) is 17.2. The second kappa shape index (κ2) is 6.45. The Kier molecular flexibility index (Phi) is 3.99. The van der Waals surface area contributed by atoms with Gasteiger partial charge in [0.1, 0.15) is 10.8 Å². The number of benzene rings is 2. The predicted molar refractivity (Wildman–Crippen MR) is 95.9 cm³/mol. The second-order valence-electron chi connectivity index (χ2n) is 5.48. The number of carbonyl (C=O) groups excluding carboxylic acids is 1. The monoisotopic (exact) mass is 352 g/mol. The van der Waals surface area contributed by atoms with Gasteiger partial charge in [-0.1, -0.05) is 24.3 Å². The lowest BCUT2D eigenvalue weighted by atomic mass is 10.2. The number of H-pyrrole nitrogens is 1. The van der Waals surface area contributed by atoms with Crippen LogP contribution in [0.5, 0.6) is 0 Å². The van der Waals surface area contributed by atoms with Gasteiger partial charge in [0.15, 0.2) is 0 Å². The molecule has 0 unspecified atom stereocenters. The average molecular weight is 352 g/mol. The SMILES string of the molecule is O=C(Cc1csc(-c2cccc(F)c2)n1)Nc1nc2ccccc2[nH]1. The third-order valence-electron chi connectivity index (χ3n) is 3.61. The average Bonchev–Trinajstić information content (AvgIpc) is 3.21. The summed E-state index contributed by atoms with van der Waals surface area (Å²) in [6, 6.07) is 13.8. The van der Waals surface area contributed by atoms with E-state index in [0.29, 0.717) is 22.2 Å². The summed E-state index contributed by atoms with van der Waals surface area (Å²) in [5, 5.41) is 5.23. The minimum Gasteiger partial charge on any atom is -0.324 e. The number of amides is 1. The van der Waals surface area contributed by atoms with Crippen LogP contribution in [0.15, 0.2) is 53.9 Å². The quantitative estimate of drug-likeness (QED) is 0.583. The van der Waals surface area contributed by atoms with E-state index in [9.17, 15) is 9.18 Å². The maximum Gasteiger partial charge on any atom is 0.232 e. The van der Waals surface area contributed by atoms with Gasteiger partial charge in [-0.15, -0.1) is 11.3 Å². The van der Waals surface area contributed by atoms with Gasteiger partial charge in [0.05, 0.1) is 23.1 Å². The number of aromatic amines is 1. The number of aromatic nitrogens is 3. The summed E-state index contributed by atoms with van der Waals surface area (Å²) in [6.45, 7) is 0. The molecule has 0 saturated heterocycles. The third-order valence-corrected chi connectivity index (χ3v) is 4.55. The molecule has 2 aromatic heterocycles. The molecular weight excluding hydrogens is 339 g/mol. The van der Waals surface area contributed by atoms with Crippen molar-refractivity contribution in [1.29, 1.82) is 0 Å². The summed E-state index contributed by atoms with van der Waals surface area (Å²) >= 11 is 1.38. The Labute approximate surface area is 146 Å². The van der Waals surface area contributed by atoms with Gasteiger partial charge in [-0.3, -0.25) is 10.1 Å². The fourth-order valence-electron chi connectivity index (χ4n) is 2.50. The molecular formula is C18H13FN4OS.